The zero-order chi connectivity index (χ0) is 25.1. The van der Waals surface area contributed by atoms with E-state index in [0.717, 1.165) is 61.9 Å². The fraction of sp³-hybridized carbons (Fsp3) is 0.407. The number of aromatic nitrogens is 3. The van der Waals surface area contributed by atoms with Gasteiger partial charge in [-0.25, -0.2) is 15.0 Å². The minimum absolute atomic E-state index is 0.137. The minimum atomic E-state index is -0.137. The summed E-state index contributed by atoms with van der Waals surface area (Å²) in [4.78, 5) is 35.7. The second-order valence-corrected chi connectivity index (χ2v) is 9.76. The lowest BCUT2D eigenvalue weighted by molar-refractivity contribution is -0.137. The molecule has 0 radical (unpaired) electrons. The first kappa shape index (κ1) is 24.1. The van der Waals surface area contributed by atoms with E-state index in [1.165, 1.54) is 5.56 Å². The van der Waals surface area contributed by atoms with Crippen LogP contribution in [0.5, 0.6) is 0 Å². The number of hydrogen-bond acceptors (Lipinski definition) is 8. The monoisotopic (exact) mass is 486 g/mol. The van der Waals surface area contributed by atoms with E-state index in [-0.39, 0.29) is 11.9 Å². The molecule has 6 rings (SSSR count). The highest BCUT2D eigenvalue weighted by Gasteiger charge is 2.31. The van der Waals surface area contributed by atoms with Gasteiger partial charge in [0.15, 0.2) is 0 Å². The van der Waals surface area contributed by atoms with Crippen LogP contribution in [0.2, 0.25) is 0 Å². The molecule has 36 heavy (non-hydrogen) atoms. The van der Waals surface area contributed by atoms with Crippen LogP contribution in [-0.2, 0) is 11.3 Å². The lowest BCUT2D eigenvalue weighted by Gasteiger charge is -2.40. The van der Waals surface area contributed by atoms with Gasteiger partial charge in [-0.3, -0.25) is 14.6 Å². The number of nitrogens with one attached hydrogen (secondary N) is 1. The van der Waals surface area contributed by atoms with E-state index in [2.05, 4.69) is 49.2 Å². The number of nitrogens with zero attached hydrogens (tertiary/aromatic N) is 7. The molecule has 1 N–H and O–H groups in total. The van der Waals surface area contributed by atoms with Crippen LogP contribution in [0, 0.1) is 0 Å². The molecule has 1 fully saturated rings. The Balaban J connectivity index is 1.44. The Hall–Kier alpha value is -3.56. The number of fused-ring (bicyclic) bond motifs is 7. The predicted octanol–water partition coefficient (Wildman–Crippen LogP) is 2.70. The molecule has 1 amide bonds. The zero-order valence-corrected chi connectivity index (χ0v) is 21.3. The van der Waals surface area contributed by atoms with Gasteiger partial charge >= 0.3 is 0 Å². The maximum atomic E-state index is 13.3. The summed E-state index contributed by atoms with van der Waals surface area (Å²) in [5.41, 5.74) is 3.88. The van der Waals surface area contributed by atoms with Crippen LogP contribution in [-0.4, -0.2) is 95.5 Å². The molecule has 3 aliphatic rings. The number of anilines is 3. The maximum absolute atomic E-state index is 13.3. The topological polar surface area (TPSA) is 80.7 Å². The van der Waals surface area contributed by atoms with E-state index in [4.69, 9.17) is 4.98 Å². The van der Waals surface area contributed by atoms with Gasteiger partial charge in [0.2, 0.25) is 11.9 Å². The number of rotatable bonds is 0. The Morgan fingerprint density at radius 1 is 0.944 bits per heavy atom. The second-order valence-electron chi connectivity index (χ2n) is 9.76. The Kier molecular flexibility index (Phi) is 7.11. The van der Waals surface area contributed by atoms with Gasteiger partial charge < -0.3 is 15.1 Å². The Bertz CT molecular complexity index is 1200. The number of amides is 1. The van der Waals surface area contributed by atoms with E-state index in [9.17, 15) is 4.79 Å². The highest BCUT2D eigenvalue weighted by Crippen LogP contribution is 2.22. The third-order valence-electron chi connectivity index (χ3n) is 7.06. The van der Waals surface area contributed by atoms with Crippen LogP contribution in [0.15, 0.2) is 54.9 Å². The molecule has 1 saturated heterocycles. The highest BCUT2D eigenvalue weighted by atomic mass is 16.2. The zero-order valence-electron chi connectivity index (χ0n) is 21.3. The highest BCUT2D eigenvalue weighted by molar-refractivity contribution is 5.82. The van der Waals surface area contributed by atoms with E-state index in [1.54, 1.807) is 6.20 Å². The molecule has 188 valence electrons. The average molecular weight is 487 g/mol. The summed E-state index contributed by atoms with van der Waals surface area (Å²) in [5, 5.41) is 3.35. The molecule has 2 unspecified atom stereocenters. The third-order valence-corrected chi connectivity index (χ3v) is 7.06. The van der Waals surface area contributed by atoms with Gasteiger partial charge in [0, 0.05) is 77.0 Å². The van der Waals surface area contributed by atoms with E-state index >= 15 is 0 Å². The first-order valence-corrected chi connectivity index (χ1v) is 12.5. The number of carbonyl (C=O) groups is 1. The fourth-order valence-electron chi connectivity index (χ4n) is 4.84. The van der Waals surface area contributed by atoms with Crippen LogP contribution in [0.3, 0.4) is 0 Å². The summed E-state index contributed by atoms with van der Waals surface area (Å²) in [6.07, 6.45) is 4.49. The van der Waals surface area contributed by atoms with Crippen LogP contribution in [0.25, 0.3) is 11.3 Å². The molecule has 0 saturated carbocycles. The molecule has 3 aromatic rings. The van der Waals surface area contributed by atoms with Crippen molar-refractivity contribution >= 4 is 23.4 Å². The van der Waals surface area contributed by atoms with E-state index in [1.807, 2.05) is 55.5 Å². The molecule has 9 nitrogen and oxygen atoms in total. The van der Waals surface area contributed by atoms with Gasteiger partial charge in [-0.15, -0.1) is 0 Å². The number of hydrogen-bond donors (Lipinski definition) is 1. The summed E-state index contributed by atoms with van der Waals surface area (Å²) < 4.78 is 0. The van der Waals surface area contributed by atoms with Gasteiger partial charge in [0.05, 0.1) is 5.69 Å². The van der Waals surface area contributed by atoms with Crippen molar-refractivity contribution in [1.29, 1.82) is 0 Å². The quantitative estimate of drug-likeness (QED) is 0.520. The number of benzene rings is 1. The number of carbonyl (C=O) groups excluding carboxylic acids is 1. The summed E-state index contributed by atoms with van der Waals surface area (Å²) in [5.74, 6) is 1.63. The van der Waals surface area contributed by atoms with Crippen LogP contribution < -0.4 is 10.2 Å². The minimum Gasteiger partial charge on any atom is -0.360 e. The molecular weight excluding hydrogens is 452 g/mol. The third kappa shape index (κ3) is 5.47. The van der Waals surface area contributed by atoms with Crippen LogP contribution in [0.4, 0.5) is 17.5 Å². The molecule has 2 aromatic heterocycles. The van der Waals surface area contributed by atoms with Crippen molar-refractivity contribution in [2.45, 2.75) is 19.0 Å². The summed E-state index contributed by atoms with van der Waals surface area (Å²) in [6.45, 7) is 4.84. The largest absolute Gasteiger partial charge is 0.360 e. The lowest BCUT2D eigenvalue weighted by atomic mass is 10.1. The van der Waals surface area contributed by atoms with Crippen molar-refractivity contribution in [3.05, 3.63) is 60.4 Å². The normalized spacial score (nSPS) is 21.6. The second kappa shape index (κ2) is 10.6. The van der Waals surface area contributed by atoms with Crippen LogP contribution in [0.1, 0.15) is 12.0 Å². The standard InChI is InChI=1S/C27H34N8O/c1-32-14-15-35-18-20-6-4-7-22(16-20)30-27-28-11-10-23(31-27)21-8-9-25(29-17-21)33(2)12-5-13-34(3)26(36)24(32)19-35/h4,6-11,16-17,24H,5,12-15,18-19H2,1-3H3,(H,28,30,31). The van der Waals surface area contributed by atoms with Gasteiger partial charge in [-0.1, -0.05) is 12.1 Å². The number of pyridine rings is 1. The predicted molar refractivity (Wildman–Crippen MR) is 142 cm³/mol. The van der Waals surface area contributed by atoms with Gasteiger partial charge in [-0.05, 0) is 49.4 Å². The molecule has 0 aliphatic carbocycles. The van der Waals surface area contributed by atoms with Crippen molar-refractivity contribution in [2.24, 2.45) is 0 Å². The van der Waals surface area contributed by atoms with Gasteiger partial charge in [0.25, 0.3) is 0 Å². The molecule has 5 heterocycles. The first-order valence-electron chi connectivity index (χ1n) is 12.5. The van der Waals surface area contributed by atoms with Crippen molar-refractivity contribution in [2.75, 3.05) is 64.1 Å². The number of piperazine rings is 1. The maximum Gasteiger partial charge on any atom is 0.240 e. The molecule has 2 atom stereocenters. The SMILES string of the molecule is CN1CCCN(C)c2ccc(cn2)-c2ccnc(n2)Nc2cccc(c2)CN2CCN(C)C(C2)C1=O. The molecule has 0 spiro atoms. The Labute approximate surface area is 212 Å². The molecule has 8 bridgehead atoms. The smallest absolute Gasteiger partial charge is 0.240 e. The average Bonchev–Trinajstić information content (AvgIpc) is 2.89. The summed E-state index contributed by atoms with van der Waals surface area (Å²) in [6, 6.07) is 14.1. The van der Waals surface area contributed by atoms with Crippen molar-refractivity contribution in [3.63, 3.8) is 0 Å². The number of likely N-dealkylation sites (N-methyl/N-ethyl adjacent to an activating group) is 2. The Morgan fingerprint density at radius 3 is 2.64 bits per heavy atom. The van der Waals surface area contributed by atoms with E-state index < -0.39 is 0 Å². The van der Waals surface area contributed by atoms with Crippen LogP contribution >= 0.6 is 0 Å². The first-order chi connectivity index (χ1) is 17.5. The van der Waals surface area contributed by atoms with Crippen molar-refractivity contribution in [1.82, 2.24) is 29.7 Å². The van der Waals surface area contributed by atoms with Crippen molar-refractivity contribution in [3.8, 4) is 11.3 Å². The van der Waals surface area contributed by atoms with E-state index in [0.29, 0.717) is 12.5 Å². The summed E-state index contributed by atoms with van der Waals surface area (Å²) >= 11 is 0. The summed E-state index contributed by atoms with van der Waals surface area (Å²) in [7, 11) is 6.01. The van der Waals surface area contributed by atoms with Crippen molar-refractivity contribution < 1.29 is 4.79 Å². The molecule has 9 heteroatoms. The van der Waals surface area contributed by atoms with Gasteiger partial charge in [-0.2, -0.15) is 0 Å². The fourth-order valence-corrected chi connectivity index (χ4v) is 4.84. The molecule has 1 aromatic carbocycles. The molecule has 3 aliphatic heterocycles. The lowest BCUT2D eigenvalue weighted by Crippen LogP contribution is -2.57. The Morgan fingerprint density at radius 2 is 1.81 bits per heavy atom. The van der Waals surface area contributed by atoms with Gasteiger partial charge in [0.1, 0.15) is 11.9 Å². The molecular formula is C27H34N8O.